The number of nitrogens with zero attached hydrogens (tertiary/aromatic N) is 3. The molecule has 1 fully saturated rings. The lowest BCUT2D eigenvalue weighted by Crippen LogP contribution is -2.42. The Hall–Kier alpha value is -1.36. The minimum absolute atomic E-state index is 0.208. The van der Waals surface area contributed by atoms with Gasteiger partial charge in [0.25, 0.3) is 0 Å². The molecule has 2 atom stereocenters. The fourth-order valence-corrected chi connectivity index (χ4v) is 2.43. The molecule has 0 radical (unpaired) electrons. The summed E-state index contributed by atoms with van der Waals surface area (Å²) in [6.07, 6.45) is 0.571. The summed E-state index contributed by atoms with van der Waals surface area (Å²) in [5, 5.41) is 9.82. The van der Waals surface area contributed by atoms with Crippen LogP contribution < -0.4 is 10.6 Å². The average molecular weight is 264 g/mol. The first-order valence-corrected chi connectivity index (χ1v) is 6.97. The van der Waals surface area contributed by atoms with E-state index in [0.29, 0.717) is 5.82 Å². The number of aliphatic hydroxyl groups is 1. The van der Waals surface area contributed by atoms with Gasteiger partial charge in [0.1, 0.15) is 17.5 Å². The number of piperidine rings is 1. The van der Waals surface area contributed by atoms with Crippen molar-refractivity contribution >= 4 is 11.6 Å². The Morgan fingerprint density at radius 3 is 2.63 bits per heavy atom. The van der Waals surface area contributed by atoms with E-state index in [2.05, 4.69) is 35.6 Å². The monoisotopic (exact) mass is 264 g/mol. The lowest BCUT2D eigenvalue weighted by atomic mass is 9.96. The number of anilines is 2. The van der Waals surface area contributed by atoms with Gasteiger partial charge in [-0.3, -0.25) is 0 Å². The summed E-state index contributed by atoms with van der Waals surface area (Å²) in [6.45, 7) is 9.80. The van der Waals surface area contributed by atoms with Crippen molar-refractivity contribution in [3.8, 4) is 0 Å². The molecule has 2 unspecified atom stereocenters. The molecule has 3 N–H and O–H groups in total. The molecule has 0 aromatic carbocycles. The molecule has 1 aliphatic rings. The zero-order chi connectivity index (χ0) is 14.2. The Morgan fingerprint density at radius 1 is 1.37 bits per heavy atom. The van der Waals surface area contributed by atoms with Crippen molar-refractivity contribution in [2.45, 2.75) is 46.1 Å². The summed E-state index contributed by atoms with van der Waals surface area (Å²) in [4.78, 5) is 11.2. The number of rotatable bonds is 2. The molecule has 1 aromatic rings. The van der Waals surface area contributed by atoms with Crippen molar-refractivity contribution in [3.63, 3.8) is 0 Å². The van der Waals surface area contributed by atoms with Crippen molar-refractivity contribution in [1.82, 2.24) is 9.97 Å². The van der Waals surface area contributed by atoms with Crippen molar-refractivity contribution in [3.05, 3.63) is 11.4 Å². The van der Waals surface area contributed by atoms with Crippen LogP contribution in [0.1, 0.15) is 44.5 Å². The highest BCUT2D eigenvalue weighted by atomic mass is 16.3. The normalized spacial score (nSPS) is 24.0. The number of aliphatic hydroxyl groups excluding tert-OH is 1. The van der Waals surface area contributed by atoms with Gasteiger partial charge in [0, 0.05) is 24.6 Å². The van der Waals surface area contributed by atoms with Gasteiger partial charge in [-0.2, -0.15) is 0 Å². The Kier molecular flexibility index (Phi) is 3.94. The van der Waals surface area contributed by atoms with Crippen molar-refractivity contribution in [2.24, 2.45) is 5.92 Å². The van der Waals surface area contributed by atoms with Crippen LogP contribution in [0.4, 0.5) is 11.6 Å². The molecular weight excluding hydrogens is 240 g/mol. The topological polar surface area (TPSA) is 75.3 Å². The maximum Gasteiger partial charge on any atom is 0.137 e. The van der Waals surface area contributed by atoms with Gasteiger partial charge in [-0.15, -0.1) is 0 Å². The summed E-state index contributed by atoms with van der Waals surface area (Å²) >= 11 is 0. The molecule has 19 heavy (non-hydrogen) atoms. The van der Waals surface area contributed by atoms with Gasteiger partial charge < -0.3 is 15.7 Å². The van der Waals surface area contributed by atoms with Crippen LogP contribution in [0.3, 0.4) is 0 Å². The molecule has 2 heterocycles. The van der Waals surface area contributed by atoms with Gasteiger partial charge >= 0.3 is 0 Å². The first-order valence-electron chi connectivity index (χ1n) is 6.97. The smallest absolute Gasteiger partial charge is 0.137 e. The van der Waals surface area contributed by atoms with E-state index < -0.39 is 0 Å². The van der Waals surface area contributed by atoms with Crippen LogP contribution in [-0.2, 0) is 0 Å². The molecule has 0 aliphatic carbocycles. The standard InChI is InChI=1S/C14H24N4O/c1-8(2)13-16-12(15)10(4)14(17-13)18-6-5-11(19)9(3)7-18/h8-9,11,19H,5-7H2,1-4H3,(H2,15,16,17). The lowest BCUT2D eigenvalue weighted by Gasteiger charge is -2.36. The summed E-state index contributed by atoms with van der Waals surface area (Å²) in [7, 11) is 0. The SMILES string of the molecule is Cc1c(N)nc(C(C)C)nc1N1CCC(O)C(C)C1. The molecule has 2 rings (SSSR count). The first kappa shape index (κ1) is 14.1. The number of nitrogen functional groups attached to an aromatic ring is 1. The highest BCUT2D eigenvalue weighted by Crippen LogP contribution is 2.28. The van der Waals surface area contributed by atoms with E-state index in [9.17, 15) is 5.11 Å². The van der Waals surface area contributed by atoms with E-state index in [1.54, 1.807) is 0 Å². The Labute approximate surface area is 114 Å². The molecule has 5 heteroatoms. The van der Waals surface area contributed by atoms with Gasteiger partial charge in [-0.1, -0.05) is 20.8 Å². The summed E-state index contributed by atoms with van der Waals surface area (Å²) < 4.78 is 0. The second-order valence-electron chi connectivity index (χ2n) is 5.85. The van der Waals surface area contributed by atoms with E-state index in [1.807, 2.05) is 6.92 Å². The van der Waals surface area contributed by atoms with Gasteiger partial charge in [0.2, 0.25) is 0 Å². The van der Waals surface area contributed by atoms with E-state index in [0.717, 1.165) is 36.7 Å². The maximum absolute atomic E-state index is 9.82. The van der Waals surface area contributed by atoms with Crippen molar-refractivity contribution in [1.29, 1.82) is 0 Å². The molecule has 0 amide bonds. The van der Waals surface area contributed by atoms with E-state index in [-0.39, 0.29) is 17.9 Å². The summed E-state index contributed by atoms with van der Waals surface area (Å²) in [5.41, 5.74) is 6.94. The third-order valence-electron chi connectivity index (χ3n) is 3.85. The van der Waals surface area contributed by atoms with Crippen LogP contribution in [0.15, 0.2) is 0 Å². The molecule has 0 saturated carbocycles. The fraction of sp³-hybridized carbons (Fsp3) is 0.714. The average Bonchev–Trinajstić information content (AvgIpc) is 2.35. The van der Waals surface area contributed by atoms with Crippen LogP contribution in [0.5, 0.6) is 0 Å². The third kappa shape index (κ3) is 2.81. The molecule has 1 aromatic heterocycles. The van der Waals surface area contributed by atoms with Gasteiger partial charge in [0.05, 0.1) is 6.10 Å². The second kappa shape index (κ2) is 5.33. The Bertz CT molecular complexity index is 461. The zero-order valence-corrected chi connectivity index (χ0v) is 12.2. The largest absolute Gasteiger partial charge is 0.393 e. The highest BCUT2D eigenvalue weighted by molar-refractivity contribution is 5.57. The van der Waals surface area contributed by atoms with E-state index in [4.69, 9.17) is 5.73 Å². The predicted octanol–water partition coefficient (Wildman–Crippen LogP) is 1.70. The summed E-state index contributed by atoms with van der Waals surface area (Å²) in [5.74, 6) is 2.79. The molecule has 0 spiro atoms. The van der Waals surface area contributed by atoms with Crippen LogP contribution in [-0.4, -0.2) is 34.3 Å². The predicted molar refractivity (Wildman–Crippen MR) is 77.3 cm³/mol. The van der Waals surface area contributed by atoms with Crippen LogP contribution in [0, 0.1) is 12.8 Å². The van der Waals surface area contributed by atoms with Gasteiger partial charge in [0.15, 0.2) is 0 Å². The molecule has 1 aliphatic heterocycles. The molecule has 5 nitrogen and oxygen atoms in total. The molecule has 0 bridgehead atoms. The highest BCUT2D eigenvalue weighted by Gasteiger charge is 2.27. The first-order chi connectivity index (χ1) is 8.90. The van der Waals surface area contributed by atoms with Crippen LogP contribution >= 0.6 is 0 Å². The number of nitrogens with two attached hydrogens (primary N) is 1. The fourth-order valence-electron chi connectivity index (χ4n) is 2.43. The third-order valence-corrected chi connectivity index (χ3v) is 3.85. The van der Waals surface area contributed by atoms with Crippen molar-refractivity contribution in [2.75, 3.05) is 23.7 Å². The van der Waals surface area contributed by atoms with E-state index in [1.165, 1.54) is 0 Å². The van der Waals surface area contributed by atoms with Crippen LogP contribution in [0.2, 0.25) is 0 Å². The number of hydrogen-bond donors (Lipinski definition) is 2. The minimum atomic E-state index is -0.208. The lowest BCUT2D eigenvalue weighted by molar-refractivity contribution is 0.0968. The Balaban J connectivity index is 2.33. The minimum Gasteiger partial charge on any atom is -0.393 e. The number of aromatic nitrogens is 2. The summed E-state index contributed by atoms with van der Waals surface area (Å²) in [6, 6.07) is 0. The van der Waals surface area contributed by atoms with Crippen LogP contribution in [0.25, 0.3) is 0 Å². The Morgan fingerprint density at radius 2 is 2.05 bits per heavy atom. The number of hydrogen-bond acceptors (Lipinski definition) is 5. The molecule has 106 valence electrons. The second-order valence-corrected chi connectivity index (χ2v) is 5.85. The molecular formula is C14H24N4O. The molecule has 1 saturated heterocycles. The van der Waals surface area contributed by atoms with Gasteiger partial charge in [-0.05, 0) is 19.3 Å². The van der Waals surface area contributed by atoms with Crippen molar-refractivity contribution < 1.29 is 5.11 Å². The van der Waals surface area contributed by atoms with E-state index >= 15 is 0 Å². The van der Waals surface area contributed by atoms with Gasteiger partial charge in [-0.25, -0.2) is 9.97 Å². The maximum atomic E-state index is 9.82. The zero-order valence-electron chi connectivity index (χ0n) is 12.2. The quantitative estimate of drug-likeness (QED) is 0.850.